The Bertz CT molecular complexity index is 1560. The Morgan fingerprint density at radius 2 is 0.849 bits per heavy atom. The van der Waals surface area contributed by atoms with E-state index in [0.29, 0.717) is 6.42 Å². The van der Waals surface area contributed by atoms with Crippen LogP contribution in [0.5, 0.6) is 0 Å². The van der Waals surface area contributed by atoms with Gasteiger partial charge in [0, 0.05) is 6.42 Å². The number of carbonyl (C=O) groups is 1. The quantitative estimate of drug-likeness (QED) is 0.0261. The highest BCUT2D eigenvalue weighted by molar-refractivity contribution is 5.76. The first-order valence-corrected chi connectivity index (χ1v) is 29.3. The Balaban J connectivity index is 2.21. The summed E-state index contributed by atoms with van der Waals surface area (Å²) in [5.41, 5.74) is 0. The third-order valence-corrected chi connectivity index (χ3v) is 13.0. The molecule has 7 atom stereocenters. The molecule has 7 unspecified atom stereocenters. The van der Waals surface area contributed by atoms with Crippen molar-refractivity contribution in [3.8, 4) is 0 Å². The van der Waals surface area contributed by atoms with Crippen molar-refractivity contribution in [2.24, 2.45) is 0 Å². The van der Waals surface area contributed by atoms with Crippen molar-refractivity contribution in [3.63, 3.8) is 0 Å². The molecule has 0 saturated carbocycles. The Morgan fingerprint density at radius 3 is 1.26 bits per heavy atom. The maximum absolute atomic E-state index is 13.0. The minimum atomic E-state index is -1.58. The van der Waals surface area contributed by atoms with E-state index in [9.17, 15) is 30.3 Å². The lowest BCUT2D eigenvalue weighted by molar-refractivity contribution is -0.302. The molecule has 0 aromatic rings. The van der Waals surface area contributed by atoms with E-state index >= 15 is 0 Å². The van der Waals surface area contributed by atoms with Gasteiger partial charge in [0.1, 0.15) is 24.4 Å². The molecule has 73 heavy (non-hydrogen) atoms. The third-order valence-electron chi connectivity index (χ3n) is 13.0. The lowest BCUT2D eigenvalue weighted by atomic mass is 9.99. The van der Waals surface area contributed by atoms with Gasteiger partial charge in [-0.1, -0.05) is 245 Å². The molecule has 0 bridgehead atoms. The van der Waals surface area contributed by atoms with Crippen molar-refractivity contribution in [2.75, 3.05) is 13.2 Å². The van der Waals surface area contributed by atoms with E-state index in [2.05, 4.69) is 129 Å². The summed E-state index contributed by atoms with van der Waals surface area (Å²) in [6.07, 6.45) is 71.1. The molecular formula is C64H107NO8. The van der Waals surface area contributed by atoms with E-state index in [4.69, 9.17) is 9.47 Å². The number of ether oxygens (including phenoxy) is 2. The zero-order chi connectivity index (χ0) is 52.9. The van der Waals surface area contributed by atoms with Crippen LogP contribution in [0.25, 0.3) is 0 Å². The lowest BCUT2D eigenvalue weighted by Gasteiger charge is -2.40. The van der Waals surface area contributed by atoms with E-state index in [0.717, 1.165) is 109 Å². The van der Waals surface area contributed by atoms with E-state index in [1.807, 2.05) is 6.08 Å². The Labute approximate surface area is 446 Å². The summed E-state index contributed by atoms with van der Waals surface area (Å²) in [6, 6.07) is -0.819. The van der Waals surface area contributed by atoms with Crippen LogP contribution in [0.3, 0.4) is 0 Å². The van der Waals surface area contributed by atoms with Crippen LogP contribution in [0.4, 0.5) is 0 Å². The normalized spacial score (nSPS) is 20.0. The molecule has 1 amide bonds. The fourth-order valence-electron chi connectivity index (χ4n) is 8.44. The summed E-state index contributed by atoms with van der Waals surface area (Å²) in [6.45, 7) is 3.65. The number of hydrogen-bond donors (Lipinski definition) is 6. The third kappa shape index (κ3) is 41.5. The summed E-state index contributed by atoms with van der Waals surface area (Å²) in [4.78, 5) is 13.0. The highest BCUT2D eigenvalue weighted by Crippen LogP contribution is 2.23. The topological polar surface area (TPSA) is 149 Å². The second kappa shape index (κ2) is 52.0. The van der Waals surface area contributed by atoms with Crippen LogP contribution in [0.15, 0.2) is 122 Å². The maximum Gasteiger partial charge on any atom is 0.220 e. The predicted molar refractivity (Wildman–Crippen MR) is 308 cm³/mol. The number of unbranched alkanes of at least 4 members (excludes halogenated alkanes) is 20. The highest BCUT2D eigenvalue weighted by Gasteiger charge is 2.44. The van der Waals surface area contributed by atoms with Gasteiger partial charge in [0.15, 0.2) is 6.29 Å². The van der Waals surface area contributed by atoms with E-state index in [1.165, 1.54) is 89.9 Å². The Hall–Kier alpha value is -3.41. The van der Waals surface area contributed by atoms with Gasteiger partial charge in [-0.3, -0.25) is 4.79 Å². The van der Waals surface area contributed by atoms with Crippen LogP contribution in [0, 0.1) is 0 Å². The fourth-order valence-corrected chi connectivity index (χ4v) is 8.44. The molecule has 9 heteroatoms. The molecule has 0 spiro atoms. The average Bonchev–Trinajstić information content (AvgIpc) is 3.39. The van der Waals surface area contributed by atoms with Crippen molar-refractivity contribution in [1.82, 2.24) is 5.32 Å². The average molecular weight is 1020 g/mol. The zero-order valence-corrected chi connectivity index (χ0v) is 46.1. The largest absolute Gasteiger partial charge is 0.394 e. The van der Waals surface area contributed by atoms with Gasteiger partial charge in [-0.25, -0.2) is 0 Å². The Kier molecular flexibility index (Phi) is 48.2. The van der Waals surface area contributed by atoms with Crippen LogP contribution in [0.2, 0.25) is 0 Å². The number of amides is 1. The number of rotatable bonds is 48. The van der Waals surface area contributed by atoms with E-state index < -0.39 is 49.5 Å². The number of hydrogen-bond acceptors (Lipinski definition) is 8. The van der Waals surface area contributed by atoms with Gasteiger partial charge in [-0.2, -0.15) is 0 Å². The molecule has 1 rings (SSSR count). The molecule has 0 aliphatic carbocycles. The maximum atomic E-state index is 13.0. The van der Waals surface area contributed by atoms with Gasteiger partial charge in [0.2, 0.25) is 5.91 Å². The van der Waals surface area contributed by atoms with Crippen molar-refractivity contribution in [2.45, 2.75) is 262 Å². The second-order valence-corrected chi connectivity index (χ2v) is 19.7. The van der Waals surface area contributed by atoms with Gasteiger partial charge in [0.05, 0.1) is 25.4 Å². The number of carbonyl (C=O) groups excluding carboxylic acids is 1. The molecule has 1 saturated heterocycles. The Morgan fingerprint density at radius 1 is 0.479 bits per heavy atom. The molecule has 0 radical (unpaired) electrons. The SMILES string of the molecule is CC/C=C\C/C=C\C/C=C\C/C=C\C/C=C\C/C=C\C/C=C\C/C=C\C/C=C\CCCCCCCCCC(=O)NC(COC1OC(CO)C(O)C(O)C1O)C(O)/C=C/CCCCCCCCCCCCCCC. The van der Waals surface area contributed by atoms with E-state index in [-0.39, 0.29) is 12.5 Å². The standard InChI is InChI=1S/C64H107NO8/c1-3-5-7-9-11-13-15-17-19-20-21-22-23-24-25-26-27-28-29-30-31-32-33-34-35-36-37-38-40-42-44-46-48-50-52-54-60(68)65-57(56-72-64-63(71)62(70)61(69)59(55-66)73-64)58(67)53-51-49-47-45-43-41-39-18-16-14-12-10-8-6-4-2/h5,7,11,13,17,19,21-22,24-25,27-28,30-31,33-34,36-37,51,53,57-59,61-64,66-67,69-71H,3-4,6,8-10,12,14-16,18,20,23,26,29,32,35,38-50,52,54-56H2,1-2H3,(H,65,68)/b7-5-,13-11-,19-17-,22-21-,25-24-,28-27-,31-30-,34-33-,37-36-,53-51+. The van der Waals surface area contributed by atoms with Crippen LogP contribution in [-0.2, 0) is 14.3 Å². The predicted octanol–water partition coefficient (Wildman–Crippen LogP) is 14.7. The first-order chi connectivity index (χ1) is 35.8. The molecule has 1 aliphatic heterocycles. The summed E-state index contributed by atoms with van der Waals surface area (Å²) >= 11 is 0. The van der Waals surface area contributed by atoms with Crippen molar-refractivity contribution in [3.05, 3.63) is 122 Å². The summed E-state index contributed by atoms with van der Waals surface area (Å²) in [5.74, 6) is -0.193. The molecule has 1 heterocycles. The van der Waals surface area contributed by atoms with Crippen molar-refractivity contribution >= 4 is 5.91 Å². The van der Waals surface area contributed by atoms with E-state index in [1.54, 1.807) is 6.08 Å². The summed E-state index contributed by atoms with van der Waals surface area (Å²) in [7, 11) is 0. The molecule has 0 aromatic carbocycles. The first-order valence-electron chi connectivity index (χ1n) is 29.3. The minimum absolute atomic E-state index is 0.193. The lowest BCUT2D eigenvalue weighted by Crippen LogP contribution is -2.60. The first kappa shape index (κ1) is 67.6. The van der Waals surface area contributed by atoms with Gasteiger partial charge >= 0.3 is 0 Å². The van der Waals surface area contributed by atoms with Crippen LogP contribution >= 0.6 is 0 Å². The molecule has 1 fully saturated rings. The minimum Gasteiger partial charge on any atom is -0.394 e. The van der Waals surface area contributed by atoms with Crippen LogP contribution < -0.4 is 5.32 Å². The van der Waals surface area contributed by atoms with Gasteiger partial charge in [-0.05, 0) is 89.9 Å². The summed E-state index contributed by atoms with van der Waals surface area (Å²) < 4.78 is 11.2. The highest BCUT2D eigenvalue weighted by atomic mass is 16.7. The monoisotopic (exact) mass is 1020 g/mol. The fraction of sp³-hybridized carbons (Fsp3) is 0.672. The number of aliphatic hydroxyl groups excluding tert-OH is 5. The molecule has 1 aliphatic rings. The zero-order valence-electron chi connectivity index (χ0n) is 46.1. The van der Waals surface area contributed by atoms with Crippen molar-refractivity contribution in [1.29, 1.82) is 0 Å². The van der Waals surface area contributed by atoms with Crippen molar-refractivity contribution < 1.29 is 39.8 Å². The molecule has 0 aromatic heterocycles. The number of allylic oxidation sites excluding steroid dienone is 19. The number of nitrogens with one attached hydrogen (secondary N) is 1. The van der Waals surface area contributed by atoms with Gasteiger partial charge in [0.25, 0.3) is 0 Å². The molecule has 9 nitrogen and oxygen atoms in total. The van der Waals surface area contributed by atoms with Gasteiger partial charge < -0.3 is 40.3 Å². The summed E-state index contributed by atoms with van der Waals surface area (Å²) in [5, 5.41) is 54.4. The molecular weight excluding hydrogens is 911 g/mol. The smallest absolute Gasteiger partial charge is 0.220 e. The van der Waals surface area contributed by atoms with Gasteiger partial charge in [-0.15, -0.1) is 0 Å². The van der Waals surface area contributed by atoms with Crippen LogP contribution in [-0.4, -0.2) is 87.5 Å². The van der Waals surface area contributed by atoms with Crippen LogP contribution in [0.1, 0.15) is 219 Å². The number of aliphatic hydroxyl groups is 5. The molecule has 6 N–H and O–H groups in total. The molecule has 416 valence electrons. The second-order valence-electron chi connectivity index (χ2n) is 19.7.